The molecule has 0 fully saturated rings. The van der Waals surface area contributed by atoms with Gasteiger partial charge in [-0.1, -0.05) is 29.8 Å². The highest BCUT2D eigenvalue weighted by molar-refractivity contribution is 6.01. The molecule has 0 aromatic heterocycles. The molecule has 0 saturated carbocycles. The first-order chi connectivity index (χ1) is 14.5. The van der Waals surface area contributed by atoms with E-state index in [0.29, 0.717) is 12.2 Å². The van der Waals surface area contributed by atoms with Crippen LogP contribution in [-0.2, 0) is 4.74 Å². The van der Waals surface area contributed by atoms with Crippen molar-refractivity contribution < 1.29 is 14.3 Å². The molecule has 1 heterocycles. The number of allylic oxidation sites excluding steroid dienone is 3. The molecule has 162 valence electrons. The van der Waals surface area contributed by atoms with E-state index in [4.69, 9.17) is 9.47 Å². The SMILES string of the molecule is CCNc1cc2c(cc1C)C(c1ccccc1C(=O)OCC)=C1C=C(C)CC=C1O2.Cl. The molecule has 2 aromatic rings. The van der Waals surface area contributed by atoms with Gasteiger partial charge < -0.3 is 14.8 Å². The zero-order valence-corrected chi connectivity index (χ0v) is 19.2. The lowest BCUT2D eigenvalue weighted by Crippen LogP contribution is -2.15. The van der Waals surface area contributed by atoms with E-state index in [0.717, 1.165) is 58.0 Å². The summed E-state index contributed by atoms with van der Waals surface area (Å²) in [6.45, 7) is 9.29. The Morgan fingerprint density at radius 3 is 2.65 bits per heavy atom. The van der Waals surface area contributed by atoms with Crippen LogP contribution in [0, 0.1) is 6.92 Å². The maximum absolute atomic E-state index is 12.7. The number of aryl methyl sites for hydroxylation is 1. The van der Waals surface area contributed by atoms with E-state index in [1.807, 2.05) is 31.2 Å². The van der Waals surface area contributed by atoms with E-state index in [1.54, 1.807) is 0 Å². The second-order valence-electron chi connectivity index (χ2n) is 7.61. The molecule has 0 atom stereocenters. The summed E-state index contributed by atoms with van der Waals surface area (Å²) in [7, 11) is 0. The van der Waals surface area contributed by atoms with Gasteiger partial charge in [-0.3, -0.25) is 0 Å². The Bertz CT molecular complexity index is 1110. The monoisotopic (exact) mass is 437 g/mol. The van der Waals surface area contributed by atoms with Crippen molar-refractivity contribution in [1.29, 1.82) is 0 Å². The fourth-order valence-electron chi connectivity index (χ4n) is 4.02. The van der Waals surface area contributed by atoms with Crippen molar-refractivity contribution in [3.8, 4) is 5.75 Å². The maximum Gasteiger partial charge on any atom is 0.338 e. The molecule has 0 unspecified atom stereocenters. The number of carbonyl (C=O) groups is 1. The summed E-state index contributed by atoms with van der Waals surface area (Å²) < 4.78 is 11.7. The van der Waals surface area contributed by atoms with Gasteiger partial charge in [0.15, 0.2) is 0 Å². The predicted molar refractivity (Wildman–Crippen MR) is 128 cm³/mol. The Morgan fingerprint density at radius 1 is 1.13 bits per heavy atom. The zero-order valence-electron chi connectivity index (χ0n) is 18.4. The van der Waals surface area contributed by atoms with Crippen molar-refractivity contribution in [2.24, 2.45) is 0 Å². The minimum atomic E-state index is -0.308. The first kappa shape index (κ1) is 22.7. The van der Waals surface area contributed by atoms with Gasteiger partial charge in [0.25, 0.3) is 0 Å². The van der Waals surface area contributed by atoms with Crippen molar-refractivity contribution in [2.45, 2.75) is 34.1 Å². The molecule has 1 aliphatic heterocycles. The van der Waals surface area contributed by atoms with Crippen LogP contribution in [0.4, 0.5) is 5.69 Å². The Kier molecular flexibility index (Phi) is 6.91. The summed E-state index contributed by atoms with van der Waals surface area (Å²) in [6, 6.07) is 11.9. The van der Waals surface area contributed by atoms with Crippen LogP contribution in [0.15, 0.2) is 65.5 Å². The van der Waals surface area contributed by atoms with Gasteiger partial charge in [0.2, 0.25) is 0 Å². The Hall–Kier alpha value is -2.98. The third-order valence-corrected chi connectivity index (χ3v) is 5.41. The molecule has 0 saturated heterocycles. The maximum atomic E-state index is 12.7. The van der Waals surface area contributed by atoms with Crippen LogP contribution in [-0.4, -0.2) is 19.1 Å². The summed E-state index contributed by atoms with van der Waals surface area (Å²) in [5.74, 6) is 1.33. The summed E-state index contributed by atoms with van der Waals surface area (Å²) in [6.07, 6.45) is 5.14. The molecule has 2 aliphatic rings. The van der Waals surface area contributed by atoms with Gasteiger partial charge in [-0.05, 0) is 63.5 Å². The molecule has 2 aromatic carbocycles. The minimum absolute atomic E-state index is 0. The number of benzene rings is 2. The molecule has 0 bridgehead atoms. The lowest BCUT2D eigenvalue weighted by Gasteiger charge is -2.29. The van der Waals surface area contributed by atoms with E-state index in [2.05, 4.69) is 50.4 Å². The number of carbonyl (C=O) groups excluding carboxylic acids is 1. The first-order valence-electron chi connectivity index (χ1n) is 10.5. The van der Waals surface area contributed by atoms with E-state index in [1.165, 1.54) is 5.57 Å². The second kappa shape index (κ2) is 9.44. The van der Waals surface area contributed by atoms with Crippen LogP contribution in [0.2, 0.25) is 0 Å². The van der Waals surface area contributed by atoms with Crippen LogP contribution >= 0.6 is 12.4 Å². The Morgan fingerprint density at radius 2 is 1.90 bits per heavy atom. The summed E-state index contributed by atoms with van der Waals surface area (Å²) in [4.78, 5) is 12.7. The molecule has 5 heteroatoms. The van der Waals surface area contributed by atoms with Crippen LogP contribution in [0.5, 0.6) is 5.75 Å². The quantitative estimate of drug-likeness (QED) is 0.545. The molecule has 0 amide bonds. The van der Waals surface area contributed by atoms with E-state index in [9.17, 15) is 4.79 Å². The number of ether oxygens (including phenoxy) is 2. The smallest absolute Gasteiger partial charge is 0.338 e. The number of halogens is 1. The largest absolute Gasteiger partial charge is 0.462 e. The molecule has 4 rings (SSSR count). The first-order valence-corrected chi connectivity index (χ1v) is 10.5. The predicted octanol–water partition coefficient (Wildman–Crippen LogP) is 6.45. The van der Waals surface area contributed by atoms with Crippen molar-refractivity contribution in [3.05, 3.63) is 87.7 Å². The van der Waals surface area contributed by atoms with Gasteiger partial charge in [-0.25, -0.2) is 4.79 Å². The van der Waals surface area contributed by atoms with Crippen LogP contribution < -0.4 is 10.1 Å². The normalized spacial score (nSPS) is 14.3. The van der Waals surface area contributed by atoms with Crippen molar-refractivity contribution in [2.75, 3.05) is 18.5 Å². The average molecular weight is 438 g/mol. The molecule has 0 radical (unpaired) electrons. The van der Waals surface area contributed by atoms with E-state index < -0.39 is 0 Å². The standard InChI is InChI=1S/C26H27NO3.ClH/c1-5-27-22-15-24-21(14-17(22)4)25(20-13-16(3)11-12-23(20)30-24)18-9-7-8-10-19(18)26(28)29-6-2;/h7-10,12-15,27H,5-6,11H2,1-4H3;1H. The number of fused-ring (bicyclic) bond motifs is 2. The molecular formula is C26H28ClNO3. The lowest BCUT2D eigenvalue weighted by molar-refractivity contribution is 0.0526. The lowest BCUT2D eigenvalue weighted by atomic mass is 9.84. The zero-order chi connectivity index (χ0) is 21.3. The minimum Gasteiger partial charge on any atom is -0.462 e. The van der Waals surface area contributed by atoms with E-state index in [-0.39, 0.29) is 18.4 Å². The Balaban J connectivity index is 0.00000272. The van der Waals surface area contributed by atoms with Gasteiger partial charge in [-0.2, -0.15) is 0 Å². The van der Waals surface area contributed by atoms with Crippen LogP contribution in [0.1, 0.15) is 54.2 Å². The number of nitrogens with one attached hydrogen (secondary N) is 1. The van der Waals surface area contributed by atoms with Gasteiger partial charge in [-0.15, -0.1) is 12.4 Å². The highest BCUT2D eigenvalue weighted by atomic mass is 35.5. The summed E-state index contributed by atoms with van der Waals surface area (Å²) >= 11 is 0. The highest BCUT2D eigenvalue weighted by Gasteiger charge is 2.29. The molecule has 1 N–H and O–H groups in total. The van der Waals surface area contributed by atoms with Gasteiger partial charge in [0.1, 0.15) is 11.5 Å². The van der Waals surface area contributed by atoms with Crippen molar-refractivity contribution in [3.63, 3.8) is 0 Å². The number of esters is 1. The summed E-state index contributed by atoms with van der Waals surface area (Å²) in [5, 5.41) is 3.40. The third kappa shape index (κ3) is 4.26. The Labute approximate surface area is 190 Å². The average Bonchev–Trinajstić information content (AvgIpc) is 2.73. The number of hydrogen-bond acceptors (Lipinski definition) is 4. The van der Waals surface area contributed by atoms with Crippen LogP contribution in [0.3, 0.4) is 0 Å². The highest BCUT2D eigenvalue weighted by Crippen LogP contribution is 2.46. The fraction of sp³-hybridized carbons (Fsp3) is 0.269. The summed E-state index contributed by atoms with van der Waals surface area (Å²) in [5.41, 5.74) is 7.89. The number of hydrogen-bond donors (Lipinski definition) is 1. The molecule has 0 spiro atoms. The van der Waals surface area contributed by atoms with E-state index >= 15 is 0 Å². The molecule has 1 aliphatic carbocycles. The van der Waals surface area contributed by atoms with Gasteiger partial charge in [0, 0.05) is 35.0 Å². The molecular weight excluding hydrogens is 410 g/mol. The topological polar surface area (TPSA) is 47.6 Å². The van der Waals surface area contributed by atoms with Crippen molar-refractivity contribution in [1.82, 2.24) is 0 Å². The van der Waals surface area contributed by atoms with Crippen molar-refractivity contribution >= 4 is 29.6 Å². The van der Waals surface area contributed by atoms with Gasteiger partial charge >= 0.3 is 5.97 Å². The molecule has 31 heavy (non-hydrogen) atoms. The number of rotatable bonds is 5. The third-order valence-electron chi connectivity index (χ3n) is 5.41. The van der Waals surface area contributed by atoms with Crippen LogP contribution in [0.25, 0.3) is 5.57 Å². The molecule has 4 nitrogen and oxygen atoms in total. The second-order valence-corrected chi connectivity index (χ2v) is 7.61. The van der Waals surface area contributed by atoms with Gasteiger partial charge in [0.05, 0.1) is 12.2 Å². The fourth-order valence-corrected chi connectivity index (χ4v) is 4.02. The number of anilines is 1.